The molecule has 1 amide bonds. The van der Waals surface area contributed by atoms with Crippen LogP contribution in [0.5, 0.6) is 0 Å². The van der Waals surface area contributed by atoms with Gasteiger partial charge in [0.25, 0.3) is 5.91 Å². The number of aliphatic hydroxyl groups excluding tert-OH is 1. The molecule has 0 spiro atoms. The van der Waals surface area contributed by atoms with Crippen LogP contribution in [0.25, 0.3) is 10.4 Å². The van der Waals surface area contributed by atoms with Gasteiger partial charge < -0.3 is 25.8 Å². The molecule has 11 heteroatoms. The molecule has 10 nitrogen and oxygen atoms in total. The number of amides is 1. The number of nitrogens with one attached hydrogen (secondary N) is 1. The van der Waals surface area contributed by atoms with E-state index in [1.54, 1.807) is 13.8 Å². The summed E-state index contributed by atoms with van der Waals surface area (Å²) >= 11 is 0. The summed E-state index contributed by atoms with van der Waals surface area (Å²) in [6.45, 7) is 6.87. The Morgan fingerprint density at radius 2 is 2.32 bits per heavy atom. The first kappa shape index (κ1) is 21.8. The normalized spacial score (nSPS) is 30.9. The smallest absolute Gasteiger partial charge is 0.250 e. The Morgan fingerprint density at radius 1 is 1.64 bits per heavy atom. The van der Waals surface area contributed by atoms with Crippen molar-refractivity contribution in [2.75, 3.05) is 6.54 Å². The minimum absolute atomic E-state index is 0.0739. The minimum atomic E-state index is -1.90. The molecular formula is C17H25FN6O4. The lowest BCUT2D eigenvalue weighted by molar-refractivity contribution is -0.130. The minimum Gasteiger partial charge on any atom is -0.387 e. The van der Waals surface area contributed by atoms with E-state index in [0.717, 1.165) is 6.08 Å². The highest BCUT2D eigenvalue weighted by Crippen LogP contribution is 2.40. The fourth-order valence-electron chi connectivity index (χ4n) is 3.20. The topological polar surface area (TPSA) is 154 Å². The van der Waals surface area contributed by atoms with Crippen molar-refractivity contribution in [2.24, 2.45) is 16.8 Å². The Morgan fingerprint density at radius 3 is 2.89 bits per heavy atom. The highest BCUT2D eigenvalue weighted by molar-refractivity contribution is 5.89. The maximum atomic E-state index is 14.9. The van der Waals surface area contributed by atoms with E-state index >= 15 is 0 Å². The summed E-state index contributed by atoms with van der Waals surface area (Å²) in [7, 11) is 0. The third kappa shape index (κ3) is 4.33. The summed E-state index contributed by atoms with van der Waals surface area (Å²) in [5.41, 5.74) is 12.9. The lowest BCUT2D eigenvalue weighted by atomic mass is 9.87. The molecule has 0 radical (unpaired) electrons. The van der Waals surface area contributed by atoms with Gasteiger partial charge in [0.1, 0.15) is 23.3 Å². The van der Waals surface area contributed by atoms with Crippen LogP contribution < -0.4 is 11.1 Å². The fraction of sp³-hybridized carbons (Fsp3) is 0.647. The van der Waals surface area contributed by atoms with Gasteiger partial charge in [0, 0.05) is 23.6 Å². The standard InChI is InChI=1S/C17H25FN6O4/c1-9(2)14(19)11(25)4-6-17(8-21-23-20)15(27)13(18)16(28-17)24-7-5-12(26)22-10(24)3/h5,7,9,13-16,27H,3-4,6,8,19H2,1-2H3,(H,22,26)/t13-,14?,15+,16-,17+/m1/s1. The van der Waals surface area contributed by atoms with Gasteiger partial charge in [-0.2, -0.15) is 0 Å². The molecule has 1 saturated heterocycles. The van der Waals surface area contributed by atoms with Crippen molar-refractivity contribution in [3.63, 3.8) is 0 Å². The molecule has 28 heavy (non-hydrogen) atoms. The molecule has 2 aliphatic rings. The molecule has 2 heterocycles. The Labute approximate surface area is 161 Å². The van der Waals surface area contributed by atoms with E-state index in [1.165, 1.54) is 11.1 Å². The van der Waals surface area contributed by atoms with Crippen molar-refractivity contribution < 1.29 is 23.8 Å². The number of hydrogen-bond donors (Lipinski definition) is 3. The Bertz CT molecular complexity index is 722. The Balaban J connectivity index is 2.24. The molecule has 4 N–H and O–H groups in total. The number of carbonyl (C=O) groups is 2. The number of aliphatic hydroxyl groups is 1. The van der Waals surface area contributed by atoms with Crippen LogP contribution in [0.4, 0.5) is 4.39 Å². The predicted octanol–water partition coefficient (Wildman–Crippen LogP) is 0.840. The van der Waals surface area contributed by atoms with Crippen molar-refractivity contribution in [2.45, 2.75) is 56.8 Å². The number of ether oxygens (including phenoxy) is 1. The van der Waals surface area contributed by atoms with E-state index in [1.807, 2.05) is 0 Å². The third-order valence-corrected chi connectivity index (χ3v) is 4.99. The van der Waals surface area contributed by atoms with Crippen LogP contribution in [-0.2, 0) is 14.3 Å². The van der Waals surface area contributed by atoms with Gasteiger partial charge >= 0.3 is 0 Å². The molecule has 0 bridgehead atoms. The number of nitrogens with two attached hydrogens (primary N) is 1. The predicted molar refractivity (Wildman–Crippen MR) is 97.8 cm³/mol. The average Bonchev–Trinajstić information content (AvgIpc) is 2.89. The summed E-state index contributed by atoms with van der Waals surface area (Å²) in [5.74, 6) is -0.699. The monoisotopic (exact) mass is 396 g/mol. The maximum absolute atomic E-state index is 14.9. The second kappa shape index (κ2) is 8.70. The van der Waals surface area contributed by atoms with Crippen LogP contribution in [0, 0.1) is 5.92 Å². The molecule has 154 valence electrons. The lowest BCUT2D eigenvalue weighted by Crippen LogP contribution is -2.46. The second-order valence-corrected chi connectivity index (χ2v) is 7.25. The van der Waals surface area contributed by atoms with Crippen molar-refractivity contribution >= 4 is 11.7 Å². The molecular weight excluding hydrogens is 371 g/mol. The number of alkyl halides is 1. The molecule has 1 unspecified atom stereocenters. The van der Waals surface area contributed by atoms with E-state index in [0.29, 0.717) is 0 Å². The van der Waals surface area contributed by atoms with Gasteiger partial charge in [0.15, 0.2) is 12.4 Å². The van der Waals surface area contributed by atoms with Gasteiger partial charge in [-0.3, -0.25) is 9.59 Å². The number of nitrogens with zero attached hydrogens (tertiary/aromatic N) is 4. The van der Waals surface area contributed by atoms with Crippen molar-refractivity contribution in [1.82, 2.24) is 10.2 Å². The summed E-state index contributed by atoms with van der Waals surface area (Å²) in [6, 6.07) is -0.702. The van der Waals surface area contributed by atoms with E-state index < -0.39 is 36.1 Å². The van der Waals surface area contributed by atoms with Gasteiger partial charge in [0.05, 0.1) is 12.6 Å². The summed E-state index contributed by atoms with van der Waals surface area (Å²) in [6.07, 6.45) is -2.60. The van der Waals surface area contributed by atoms with Crippen LogP contribution in [0.15, 0.2) is 29.8 Å². The van der Waals surface area contributed by atoms with Crippen LogP contribution in [0.3, 0.4) is 0 Å². The molecule has 0 aromatic heterocycles. The van der Waals surface area contributed by atoms with Gasteiger partial charge in [-0.05, 0) is 17.9 Å². The molecule has 0 saturated carbocycles. The van der Waals surface area contributed by atoms with Crippen molar-refractivity contribution in [1.29, 1.82) is 0 Å². The van der Waals surface area contributed by atoms with Gasteiger partial charge in [-0.25, -0.2) is 4.39 Å². The molecule has 0 aromatic rings. The summed E-state index contributed by atoms with van der Waals surface area (Å²) in [4.78, 5) is 27.5. The Hall–Kier alpha value is -2.46. The highest BCUT2D eigenvalue weighted by Gasteiger charge is 2.56. The van der Waals surface area contributed by atoms with Crippen LogP contribution in [0.1, 0.15) is 26.7 Å². The molecule has 2 rings (SSSR count). The molecule has 0 aromatic carbocycles. The van der Waals surface area contributed by atoms with Gasteiger partial charge in [-0.1, -0.05) is 25.5 Å². The first-order valence-electron chi connectivity index (χ1n) is 8.88. The third-order valence-electron chi connectivity index (χ3n) is 4.99. The number of rotatable bonds is 8. The van der Waals surface area contributed by atoms with Crippen LogP contribution >= 0.6 is 0 Å². The number of hydrogen-bond acceptors (Lipinski definition) is 7. The van der Waals surface area contributed by atoms with Crippen LogP contribution in [-0.4, -0.2) is 58.4 Å². The zero-order valence-electron chi connectivity index (χ0n) is 15.8. The summed E-state index contributed by atoms with van der Waals surface area (Å²) < 4.78 is 20.7. The first-order chi connectivity index (χ1) is 13.1. The molecule has 2 aliphatic heterocycles. The second-order valence-electron chi connectivity index (χ2n) is 7.25. The summed E-state index contributed by atoms with van der Waals surface area (Å²) in [5, 5.41) is 16.4. The van der Waals surface area contributed by atoms with Crippen LogP contribution in [0.2, 0.25) is 0 Å². The lowest BCUT2D eigenvalue weighted by Gasteiger charge is -2.34. The van der Waals surface area contributed by atoms with Crippen molar-refractivity contribution in [3.8, 4) is 0 Å². The van der Waals surface area contributed by atoms with E-state index in [9.17, 15) is 19.1 Å². The first-order valence-corrected chi connectivity index (χ1v) is 8.88. The Kier molecular flexibility index (Phi) is 6.78. The SMILES string of the molecule is C=C1NC(=O)C=CN1[C@@H]1O[C@@](CCC(=O)C(N)C(C)C)(CN=[N+]=[N-])[C@@H](O)[C@H]1F. The number of ketones is 1. The highest BCUT2D eigenvalue weighted by atomic mass is 19.1. The number of Topliss-reactive ketones (excluding diaryl/α,β-unsaturated/α-hetero) is 1. The number of carbonyl (C=O) groups excluding carboxylic acids is 2. The zero-order valence-corrected chi connectivity index (χ0v) is 15.8. The largest absolute Gasteiger partial charge is 0.387 e. The maximum Gasteiger partial charge on any atom is 0.250 e. The number of halogens is 1. The van der Waals surface area contributed by atoms with Gasteiger partial charge in [0.2, 0.25) is 0 Å². The number of azide groups is 1. The van der Waals surface area contributed by atoms with Gasteiger partial charge in [-0.15, -0.1) is 0 Å². The molecule has 0 aliphatic carbocycles. The quantitative estimate of drug-likeness (QED) is 0.314. The average molecular weight is 396 g/mol. The van der Waals surface area contributed by atoms with E-state index in [2.05, 4.69) is 21.9 Å². The van der Waals surface area contributed by atoms with Crippen molar-refractivity contribution in [3.05, 3.63) is 35.1 Å². The molecule has 1 fully saturated rings. The van der Waals surface area contributed by atoms with E-state index in [4.69, 9.17) is 16.0 Å². The molecule has 5 atom stereocenters. The zero-order chi connectivity index (χ0) is 21.1. The fourth-order valence-corrected chi connectivity index (χ4v) is 3.20. The van der Waals surface area contributed by atoms with E-state index in [-0.39, 0.29) is 36.9 Å².